The van der Waals surface area contributed by atoms with Gasteiger partial charge < -0.3 is 25.0 Å². The zero-order valence-electron chi connectivity index (χ0n) is 32.6. The van der Waals surface area contributed by atoms with Crippen LogP contribution in [0.4, 0.5) is 22.4 Å². The van der Waals surface area contributed by atoms with E-state index in [2.05, 4.69) is 10.6 Å². The summed E-state index contributed by atoms with van der Waals surface area (Å²) in [7, 11) is -4.48. The zero-order valence-corrected chi connectivity index (χ0v) is 33.4. The van der Waals surface area contributed by atoms with Crippen molar-refractivity contribution in [3.63, 3.8) is 0 Å². The van der Waals surface area contributed by atoms with Crippen LogP contribution >= 0.6 is 0 Å². The van der Waals surface area contributed by atoms with Crippen LogP contribution in [0, 0.1) is 17.8 Å². The Labute approximate surface area is 333 Å². The Hall–Kier alpha value is -4.74. The van der Waals surface area contributed by atoms with Crippen molar-refractivity contribution in [3.8, 4) is 0 Å². The van der Waals surface area contributed by atoms with Gasteiger partial charge in [-0.15, -0.1) is 0 Å². The number of amides is 4. The number of sulfonamides is 1. The Bertz CT molecular complexity index is 2110. The number of rotatable bonds is 8. The minimum Gasteiger partial charge on any atom is -0.457 e. The van der Waals surface area contributed by atoms with Crippen molar-refractivity contribution in [2.24, 2.45) is 17.8 Å². The van der Waals surface area contributed by atoms with Gasteiger partial charge in [-0.1, -0.05) is 56.3 Å². The third kappa shape index (κ3) is 8.66. The number of fused-ring (bicyclic) bond motifs is 3. The topological polar surface area (TPSA) is 177 Å². The van der Waals surface area contributed by atoms with Gasteiger partial charge in [0.05, 0.1) is 12.1 Å². The molecule has 1 saturated heterocycles. The molecule has 2 saturated carbocycles. The number of allylic oxidation sites excluding steroid dienone is 1. The van der Waals surface area contributed by atoms with Crippen LogP contribution in [0.1, 0.15) is 83.0 Å². The Kier molecular flexibility index (Phi) is 11.7. The van der Waals surface area contributed by atoms with Crippen LogP contribution in [0.5, 0.6) is 0 Å². The second-order valence-corrected chi connectivity index (χ2v) is 18.8. The van der Waals surface area contributed by atoms with E-state index in [-0.39, 0.29) is 43.7 Å². The van der Waals surface area contributed by atoms with E-state index in [1.807, 2.05) is 23.8 Å². The number of ether oxygens (including phenoxy) is 2. The molecule has 0 aromatic heterocycles. The Morgan fingerprint density at radius 3 is 2.36 bits per heavy atom. The highest BCUT2D eigenvalue weighted by Crippen LogP contribution is 2.48. The van der Waals surface area contributed by atoms with Gasteiger partial charge in [-0.25, -0.2) is 22.4 Å². The fourth-order valence-corrected chi connectivity index (χ4v) is 9.16. The van der Waals surface area contributed by atoms with Crippen LogP contribution in [0.2, 0.25) is 0 Å². The molecule has 2 aromatic rings. The molecule has 18 heteroatoms. The molecule has 4 aliphatic rings. The van der Waals surface area contributed by atoms with Gasteiger partial charge >= 0.3 is 18.2 Å². The lowest BCUT2D eigenvalue weighted by molar-refractivity contribution is -0.244. The van der Waals surface area contributed by atoms with E-state index in [9.17, 15) is 50.0 Å². The number of carbonyl (C=O) groups excluding carboxylic acids is 5. The number of alkyl carbamates (subject to hydrolysis) is 1. The van der Waals surface area contributed by atoms with Gasteiger partial charge in [0.25, 0.3) is 5.91 Å². The van der Waals surface area contributed by atoms with E-state index in [1.165, 1.54) is 0 Å². The standard InChI is InChI=1S/C40H48F4N4O9S/c1-23-9-5-8-12-28-20-39(28,35(52)47-58(54,55)38(22-41)15-16-38)46-32(49)30-19-29(56-34(51)27-14-13-25-10-6-7-11-26(25)18-27)21-48(30)33(50)31(24(2)17-23)45-36(53)57-37(3,4)40(42,43)44/h6-8,10-14,18,23-24,28-31H,5,9,15-17,19-22H2,1-4H3,(H,45,53)(H,46,49)(H,47,52). The second kappa shape index (κ2) is 15.8. The van der Waals surface area contributed by atoms with Crippen LogP contribution in [0.25, 0.3) is 10.8 Å². The third-order valence-corrected chi connectivity index (χ3v) is 13.9. The molecule has 316 valence electrons. The number of nitrogens with one attached hydrogen (secondary N) is 3. The SMILES string of the molecule is CC1CCC=CC2CC2(C(=O)NS(=O)(=O)C2(CF)CC2)NC(=O)C2CC(OC(=O)c3ccc4ccccc4c3)CN2C(=O)C(NC(=O)OC(C)(C)C(F)(F)F)C(C)C1. The summed E-state index contributed by atoms with van der Waals surface area (Å²) >= 11 is 0. The van der Waals surface area contributed by atoms with Gasteiger partial charge in [0, 0.05) is 12.3 Å². The number of alkyl halides is 4. The molecule has 0 bridgehead atoms. The minimum absolute atomic E-state index is 0.0142. The summed E-state index contributed by atoms with van der Waals surface area (Å²) in [5.41, 5.74) is -4.54. The average Bonchev–Trinajstić information content (AvgIpc) is 4.05. The van der Waals surface area contributed by atoms with Gasteiger partial charge in [-0.05, 0) is 87.1 Å². The maximum absolute atomic E-state index is 14.6. The lowest BCUT2D eigenvalue weighted by atomic mass is 9.88. The van der Waals surface area contributed by atoms with Crippen molar-refractivity contribution < 1.29 is 59.4 Å². The van der Waals surface area contributed by atoms with Gasteiger partial charge in [0.15, 0.2) is 0 Å². The van der Waals surface area contributed by atoms with Gasteiger partial charge in [-0.3, -0.25) is 19.1 Å². The molecule has 3 fully saturated rings. The molecule has 7 atom stereocenters. The van der Waals surface area contributed by atoms with Crippen molar-refractivity contribution in [2.45, 2.75) is 113 Å². The predicted molar refractivity (Wildman–Crippen MR) is 202 cm³/mol. The van der Waals surface area contributed by atoms with Crippen LogP contribution in [0.15, 0.2) is 54.6 Å². The number of halogens is 4. The number of nitrogens with zero attached hydrogens (tertiary/aromatic N) is 1. The van der Waals surface area contributed by atoms with Crippen molar-refractivity contribution >= 4 is 50.6 Å². The zero-order chi connectivity index (χ0) is 42.4. The highest BCUT2D eigenvalue weighted by Gasteiger charge is 2.64. The summed E-state index contributed by atoms with van der Waals surface area (Å²) in [6.07, 6.45) is -3.04. The third-order valence-electron chi connectivity index (χ3n) is 11.8. The highest BCUT2D eigenvalue weighted by atomic mass is 32.2. The van der Waals surface area contributed by atoms with E-state index in [1.54, 1.807) is 49.4 Å². The van der Waals surface area contributed by atoms with Crippen molar-refractivity contribution in [1.29, 1.82) is 0 Å². The van der Waals surface area contributed by atoms with E-state index in [0.29, 0.717) is 33.1 Å². The Morgan fingerprint density at radius 1 is 1.02 bits per heavy atom. The first-order chi connectivity index (χ1) is 27.1. The summed E-state index contributed by atoms with van der Waals surface area (Å²) < 4.78 is 92.0. The molecule has 2 aliphatic carbocycles. The molecule has 0 radical (unpaired) electrons. The normalized spacial score (nSPS) is 28.9. The number of carbonyl (C=O) groups is 5. The Morgan fingerprint density at radius 2 is 1.71 bits per heavy atom. The second-order valence-electron chi connectivity index (χ2n) is 16.7. The molecule has 3 N–H and O–H groups in total. The van der Waals surface area contributed by atoms with Crippen LogP contribution in [-0.4, -0.2) is 96.6 Å². The summed E-state index contributed by atoms with van der Waals surface area (Å²) in [4.78, 5) is 70.4. The van der Waals surface area contributed by atoms with Crippen LogP contribution in [-0.2, 0) is 33.9 Å². The molecular weight excluding hydrogens is 789 g/mol. The molecular formula is C40H48F4N4O9S. The number of benzene rings is 2. The van der Waals surface area contributed by atoms with Crippen LogP contribution < -0.4 is 15.4 Å². The summed E-state index contributed by atoms with van der Waals surface area (Å²) in [6.45, 7) is 3.25. The summed E-state index contributed by atoms with van der Waals surface area (Å²) in [6, 6.07) is 9.21. The maximum atomic E-state index is 14.6. The molecule has 2 aromatic carbocycles. The van der Waals surface area contributed by atoms with Gasteiger partial charge in [0.2, 0.25) is 27.4 Å². The average molecular weight is 837 g/mol. The number of esters is 1. The van der Waals surface area contributed by atoms with Crippen molar-refractivity contribution in [1.82, 2.24) is 20.3 Å². The number of hydrogen-bond donors (Lipinski definition) is 3. The van der Waals surface area contributed by atoms with Crippen LogP contribution in [0.3, 0.4) is 0 Å². The van der Waals surface area contributed by atoms with Crippen molar-refractivity contribution in [2.75, 3.05) is 13.2 Å². The molecule has 13 nitrogen and oxygen atoms in total. The molecule has 58 heavy (non-hydrogen) atoms. The molecule has 6 rings (SSSR count). The van der Waals surface area contributed by atoms with Crippen molar-refractivity contribution in [3.05, 3.63) is 60.2 Å². The molecule has 2 heterocycles. The lowest BCUT2D eigenvalue weighted by Crippen LogP contribution is -2.60. The van der Waals surface area contributed by atoms with Gasteiger partial charge in [-0.2, -0.15) is 13.2 Å². The quantitative estimate of drug-likeness (QED) is 0.183. The van der Waals surface area contributed by atoms with E-state index in [4.69, 9.17) is 9.47 Å². The lowest BCUT2D eigenvalue weighted by Gasteiger charge is -2.34. The Balaban J connectivity index is 1.32. The first-order valence-electron chi connectivity index (χ1n) is 19.3. The van der Waals surface area contributed by atoms with E-state index < -0.39 is 98.6 Å². The molecule has 0 spiro atoms. The largest absolute Gasteiger partial charge is 0.457 e. The number of hydrogen-bond acceptors (Lipinski definition) is 9. The maximum Gasteiger partial charge on any atom is 0.427 e. The first-order valence-corrected chi connectivity index (χ1v) is 20.8. The van der Waals surface area contributed by atoms with E-state index in [0.717, 1.165) is 15.7 Å². The monoisotopic (exact) mass is 836 g/mol. The predicted octanol–water partition coefficient (Wildman–Crippen LogP) is 5.24. The first kappa shape index (κ1) is 42.9. The minimum atomic E-state index is -4.95. The smallest absolute Gasteiger partial charge is 0.427 e. The summed E-state index contributed by atoms with van der Waals surface area (Å²) in [5, 5.41) is 6.59. The fraction of sp³-hybridized carbons (Fsp3) is 0.575. The van der Waals surface area contributed by atoms with E-state index >= 15 is 0 Å². The molecule has 4 amide bonds. The fourth-order valence-electron chi connectivity index (χ4n) is 7.73. The summed E-state index contributed by atoms with van der Waals surface area (Å²) in [5.74, 6) is -5.11. The molecule has 7 unspecified atom stereocenters. The molecule has 2 aliphatic heterocycles. The highest BCUT2D eigenvalue weighted by molar-refractivity contribution is 7.91. The van der Waals surface area contributed by atoms with Gasteiger partial charge in [0.1, 0.15) is 35.1 Å².